The molecule has 0 saturated carbocycles. The highest BCUT2D eigenvalue weighted by atomic mass is 16.5. The van der Waals surface area contributed by atoms with Gasteiger partial charge in [0.05, 0.1) is 22.3 Å². The summed E-state index contributed by atoms with van der Waals surface area (Å²) in [6.07, 6.45) is 3.38. The quantitative estimate of drug-likeness (QED) is 0.174. The van der Waals surface area contributed by atoms with Crippen LogP contribution in [0.4, 0.5) is 0 Å². The van der Waals surface area contributed by atoms with E-state index in [4.69, 9.17) is 9.72 Å². The van der Waals surface area contributed by atoms with Crippen LogP contribution in [0, 0.1) is 5.92 Å². The third kappa shape index (κ3) is 6.18. The summed E-state index contributed by atoms with van der Waals surface area (Å²) in [5.41, 5.74) is 10.8. The smallest absolute Gasteiger partial charge is 0.339 e. The summed E-state index contributed by atoms with van der Waals surface area (Å²) in [4.78, 5) is 30.2. The van der Waals surface area contributed by atoms with E-state index in [1.54, 1.807) is 0 Å². The predicted octanol–water partition coefficient (Wildman–Crippen LogP) is 7.31. The monoisotopic (exact) mass is 584 g/mol. The van der Waals surface area contributed by atoms with Gasteiger partial charge in [0.2, 0.25) is 5.91 Å². The standard InChI is InChI=1S/C37H36N4O3/c1-3-4-18-34-38-32-22-27(36-25(2)21-35(42)39-40-36)19-20-33(32)41(34)23-28-14-8-9-15-29(28)30-16-10-11-17-31(30)37(43)44-24-26-12-6-5-7-13-26/h5-17,19-20,22,25H,3-4,18,21,23-24H2,1-2H3,(H,39,42). The second-order valence-electron chi connectivity index (χ2n) is 11.3. The van der Waals surface area contributed by atoms with E-state index in [0.717, 1.165) is 69.6 Å². The molecule has 6 rings (SSSR count). The number of hydrazone groups is 1. The zero-order chi connectivity index (χ0) is 30.5. The number of amides is 1. The van der Waals surface area contributed by atoms with Gasteiger partial charge in [-0.1, -0.05) is 99.1 Å². The van der Waals surface area contributed by atoms with E-state index in [-0.39, 0.29) is 24.4 Å². The Bertz CT molecular complexity index is 1840. The van der Waals surface area contributed by atoms with Gasteiger partial charge in [-0.15, -0.1) is 0 Å². The number of unbranched alkanes of at least 4 members (excludes halogenated alkanes) is 1. The van der Waals surface area contributed by atoms with Gasteiger partial charge < -0.3 is 9.30 Å². The molecule has 1 aliphatic rings. The zero-order valence-corrected chi connectivity index (χ0v) is 25.1. The van der Waals surface area contributed by atoms with Gasteiger partial charge in [0.25, 0.3) is 0 Å². The van der Waals surface area contributed by atoms with Crippen LogP contribution < -0.4 is 5.43 Å². The Kier molecular flexibility index (Phi) is 8.64. The number of nitrogens with one attached hydrogen (secondary N) is 1. The molecule has 1 unspecified atom stereocenters. The first-order chi connectivity index (χ1) is 21.5. The SMILES string of the molecule is CCCCc1nc2cc(C3=NNC(=O)CC3C)ccc2n1Cc1ccccc1-c1ccccc1C(=O)OCc1ccccc1. The maximum atomic E-state index is 13.3. The second-order valence-corrected chi connectivity index (χ2v) is 11.3. The van der Waals surface area contributed by atoms with Crippen LogP contribution in [-0.2, 0) is 29.1 Å². The molecule has 5 aromatic rings. The van der Waals surface area contributed by atoms with Crippen molar-refractivity contribution in [2.75, 3.05) is 0 Å². The maximum Gasteiger partial charge on any atom is 0.339 e. The van der Waals surface area contributed by atoms with Crippen molar-refractivity contribution in [2.45, 2.75) is 52.7 Å². The van der Waals surface area contributed by atoms with E-state index in [2.05, 4.69) is 52.3 Å². The Morgan fingerprint density at radius 1 is 0.955 bits per heavy atom. The van der Waals surface area contributed by atoms with Crippen LogP contribution >= 0.6 is 0 Å². The van der Waals surface area contributed by atoms with Crippen molar-refractivity contribution in [3.8, 4) is 11.1 Å². The second kappa shape index (κ2) is 13.1. The summed E-state index contributed by atoms with van der Waals surface area (Å²) >= 11 is 0. The minimum atomic E-state index is -0.348. The molecule has 7 nitrogen and oxygen atoms in total. The molecular formula is C37H36N4O3. The predicted molar refractivity (Wildman–Crippen MR) is 173 cm³/mol. The fourth-order valence-corrected chi connectivity index (χ4v) is 5.83. The Labute approximate surface area is 257 Å². The lowest BCUT2D eigenvalue weighted by atomic mass is 9.94. The maximum absolute atomic E-state index is 13.3. The molecule has 44 heavy (non-hydrogen) atoms. The summed E-state index contributed by atoms with van der Waals surface area (Å²) < 4.78 is 8.02. The number of carbonyl (C=O) groups is 2. The number of esters is 1. The number of imidazole rings is 1. The van der Waals surface area contributed by atoms with Gasteiger partial charge in [0.1, 0.15) is 12.4 Å². The first-order valence-corrected chi connectivity index (χ1v) is 15.3. The average Bonchev–Trinajstić information content (AvgIpc) is 3.39. The van der Waals surface area contributed by atoms with Gasteiger partial charge >= 0.3 is 5.97 Å². The van der Waals surface area contributed by atoms with E-state index in [0.29, 0.717) is 18.5 Å². The van der Waals surface area contributed by atoms with Crippen LogP contribution in [0.25, 0.3) is 22.2 Å². The summed E-state index contributed by atoms with van der Waals surface area (Å²) in [5.74, 6) is 0.656. The Balaban J connectivity index is 1.35. The van der Waals surface area contributed by atoms with E-state index in [1.807, 2.05) is 73.7 Å². The van der Waals surface area contributed by atoms with Crippen molar-refractivity contribution >= 4 is 28.6 Å². The Hall–Kier alpha value is -5.04. The summed E-state index contributed by atoms with van der Waals surface area (Å²) in [5, 5.41) is 4.36. The third-order valence-corrected chi connectivity index (χ3v) is 8.13. The van der Waals surface area contributed by atoms with E-state index in [1.165, 1.54) is 0 Å². The molecule has 1 amide bonds. The molecule has 1 aromatic heterocycles. The molecule has 0 spiro atoms. The molecule has 1 aliphatic heterocycles. The fourth-order valence-electron chi connectivity index (χ4n) is 5.83. The van der Waals surface area contributed by atoms with Gasteiger partial charge in [-0.05, 0) is 46.9 Å². The summed E-state index contributed by atoms with van der Waals surface area (Å²) in [6, 6.07) is 31.8. The highest BCUT2D eigenvalue weighted by Crippen LogP contribution is 2.31. The molecule has 1 N–H and O–H groups in total. The van der Waals surface area contributed by atoms with E-state index < -0.39 is 0 Å². The molecule has 4 aromatic carbocycles. The van der Waals surface area contributed by atoms with Crippen molar-refractivity contribution in [1.29, 1.82) is 0 Å². The van der Waals surface area contributed by atoms with Crippen LogP contribution in [0.5, 0.6) is 0 Å². The number of fused-ring (bicyclic) bond motifs is 1. The fraction of sp³-hybridized carbons (Fsp3) is 0.243. The molecule has 2 heterocycles. The molecule has 0 aliphatic carbocycles. The number of rotatable bonds is 10. The van der Waals surface area contributed by atoms with Crippen molar-refractivity contribution in [3.63, 3.8) is 0 Å². The number of hydrogen-bond donors (Lipinski definition) is 1. The normalized spacial score (nSPS) is 14.7. The van der Waals surface area contributed by atoms with Crippen LogP contribution in [0.15, 0.2) is 102 Å². The number of ether oxygens (including phenoxy) is 1. The van der Waals surface area contributed by atoms with Crippen molar-refractivity contribution in [3.05, 3.63) is 125 Å². The highest BCUT2D eigenvalue weighted by Gasteiger charge is 2.23. The van der Waals surface area contributed by atoms with Crippen molar-refractivity contribution in [1.82, 2.24) is 15.0 Å². The minimum Gasteiger partial charge on any atom is -0.457 e. The molecule has 0 bridgehead atoms. The third-order valence-electron chi connectivity index (χ3n) is 8.13. The topological polar surface area (TPSA) is 85.6 Å². The Morgan fingerprint density at radius 3 is 2.50 bits per heavy atom. The molecule has 0 radical (unpaired) electrons. The number of aryl methyl sites for hydroxylation is 1. The summed E-state index contributed by atoms with van der Waals surface area (Å²) in [7, 11) is 0. The van der Waals surface area contributed by atoms with Crippen LogP contribution in [-0.4, -0.2) is 27.1 Å². The molecule has 222 valence electrons. The van der Waals surface area contributed by atoms with Gasteiger partial charge in [-0.2, -0.15) is 5.10 Å². The average molecular weight is 585 g/mol. The first kappa shape index (κ1) is 29.1. The van der Waals surface area contributed by atoms with Crippen molar-refractivity contribution in [2.24, 2.45) is 11.0 Å². The Morgan fingerprint density at radius 2 is 1.70 bits per heavy atom. The zero-order valence-electron chi connectivity index (χ0n) is 25.1. The molecule has 7 heteroatoms. The molecular weight excluding hydrogens is 548 g/mol. The lowest BCUT2D eigenvalue weighted by Crippen LogP contribution is -2.31. The van der Waals surface area contributed by atoms with Crippen LogP contribution in [0.1, 0.15) is 66.0 Å². The largest absolute Gasteiger partial charge is 0.457 e. The highest BCUT2D eigenvalue weighted by molar-refractivity contribution is 6.07. The van der Waals surface area contributed by atoms with E-state index in [9.17, 15) is 9.59 Å². The van der Waals surface area contributed by atoms with Gasteiger partial charge in [0.15, 0.2) is 0 Å². The molecule has 0 fully saturated rings. The van der Waals surface area contributed by atoms with Gasteiger partial charge in [0, 0.05) is 30.9 Å². The van der Waals surface area contributed by atoms with Gasteiger partial charge in [-0.25, -0.2) is 15.2 Å². The van der Waals surface area contributed by atoms with Crippen LogP contribution in [0.2, 0.25) is 0 Å². The molecule has 0 saturated heterocycles. The lowest BCUT2D eigenvalue weighted by Gasteiger charge is -2.19. The first-order valence-electron chi connectivity index (χ1n) is 15.3. The van der Waals surface area contributed by atoms with Crippen molar-refractivity contribution < 1.29 is 14.3 Å². The van der Waals surface area contributed by atoms with Gasteiger partial charge in [-0.3, -0.25) is 4.79 Å². The number of hydrogen-bond acceptors (Lipinski definition) is 5. The number of carbonyl (C=O) groups excluding carboxylic acids is 2. The number of aromatic nitrogens is 2. The summed E-state index contributed by atoms with van der Waals surface area (Å²) in [6.45, 7) is 5.04. The number of nitrogens with zero attached hydrogens (tertiary/aromatic N) is 3. The lowest BCUT2D eigenvalue weighted by molar-refractivity contribution is -0.121. The van der Waals surface area contributed by atoms with Crippen LogP contribution in [0.3, 0.4) is 0 Å². The number of benzene rings is 4. The minimum absolute atomic E-state index is 0.0363. The van der Waals surface area contributed by atoms with E-state index >= 15 is 0 Å². The molecule has 1 atom stereocenters.